The van der Waals surface area contributed by atoms with Crippen LogP contribution in [0, 0.1) is 11.6 Å². The zero-order chi connectivity index (χ0) is 12.4. The lowest BCUT2D eigenvalue weighted by molar-refractivity contribution is 0.500. The first kappa shape index (κ1) is 12.7. The van der Waals surface area contributed by atoms with Gasteiger partial charge in [-0.2, -0.15) is 11.3 Å². The van der Waals surface area contributed by atoms with Gasteiger partial charge in [0.25, 0.3) is 0 Å². The van der Waals surface area contributed by atoms with Gasteiger partial charge in [0.05, 0.1) is 4.47 Å². The van der Waals surface area contributed by atoms with Crippen LogP contribution in [0.1, 0.15) is 17.2 Å². The van der Waals surface area contributed by atoms with E-state index in [9.17, 15) is 8.78 Å². The van der Waals surface area contributed by atoms with Gasteiger partial charge < -0.3 is 5.73 Å². The van der Waals surface area contributed by atoms with E-state index in [1.807, 2.05) is 16.8 Å². The Kier molecular flexibility index (Phi) is 3.91. The van der Waals surface area contributed by atoms with Gasteiger partial charge in [0, 0.05) is 6.04 Å². The molecule has 5 heteroatoms. The molecule has 1 nitrogen and oxygen atoms in total. The van der Waals surface area contributed by atoms with Crippen molar-refractivity contribution in [3.05, 3.63) is 56.2 Å². The molecular formula is C12H10BrF2NS. The first-order chi connectivity index (χ1) is 8.09. The second-order valence-corrected chi connectivity index (χ2v) is 5.28. The lowest BCUT2D eigenvalue weighted by Crippen LogP contribution is -2.14. The number of benzene rings is 1. The van der Waals surface area contributed by atoms with Crippen molar-refractivity contribution in [3.8, 4) is 0 Å². The van der Waals surface area contributed by atoms with Crippen molar-refractivity contribution in [1.29, 1.82) is 0 Å². The average molecular weight is 318 g/mol. The molecule has 1 aromatic heterocycles. The van der Waals surface area contributed by atoms with Crippen molar-refractivity contribution in [2.45, 2.75) is 12.5 Å². The molecule has 1 unspecified atom stereocenters. The monoisotopic (exact) mass is 317 g/mol. The summed E-state index contributed by atoms with van der Waals surface area (Å²) < 4.78 is 26.4. The third-order valence-electron chi connectivity index (χ3n) is 2.50. The highest BCUT2D eigenvalue weighted by Crippen LogP contribution is 2.28. The fourth-order valence-corrected chi connectivity index (χ4v) is 2.90. The molecule has 0 bridgehead atoms. The molecule has 1 atom stereocenters. The molecule has 1 heterocycles. The van der Waals surface area contributed by atoms with E-state index >= 15 is 0 Å². The third kappa shape index (κ3) is 2.73. The van der Waals surface area contributed by atoms with Gasteiger partial charge in [-0.05, 0) is 56.4 Å². The Bertz CT molecular complexity index is 513. The van der Waals surface area contributed by atoms with Crippen LogP contribution >= 0.6 is 27.3 Å². The molecule has 0 radical (unpaired) electrons. The first-order valence-corrected chi connectivity index (χ1v) is 6.73. The molecule has 0 saturated heterocycles. The Morgan fingerprint density at radius 3 is 2.71 bits per heavy atom. The second-order valence-electron chi connectivity index (χ2n) is 3.71. The normalized spacial score (nSPS) is 12.7. The van der Waals surface area contributed by atoms with E-state index in [0.717, 1.165) is 11.6 Å². The van der Waals surface area contributed by atoms with E-state index in [4.69, 9.17) is 5.73 Å². The van der Waals surface area contributed by atoms with Crippen LogP contribution in [-0.4, -0.2) is 0 Å². The Balaban J connectivity index is 2.25. The minimum absolute atomic E-state index is 0.111. The van der Waals surface area contributed by atoms with Gasteiger partial charge in [-0.3, -0.25) is 0 Å². The predicted octanol–water partition coefficient (Wildman–Crippen LogP) is 4.03. The molecule has 2 N–H and O–H groups in total. The van der Waals surface area contributed by atoms with Gasteiger partial charge in [-0.25, -0.2) is 8.78 Å². The van der Waals surface area contributed by atoms with Crippen molar-refractivity contribution in [2.24, 2.45) is 5.73 Å². The molecule has 0 aliphatic rings. The molecular weight excluding hydrogens is 308 g/mol. The lowest BCUT2D eigenvalue weighted by Gasteiger charge is -2.13. The number of nitrogens with two attached hydrogens (primary N) is 1. The maximum Gasteiger partial charge on any atom is 0.173 e. The summed E-state index contributed by atoms with van der Waals surface area (Å²) in [6, 6.07) is 4.23. The summed E-state index contributed by atoms with van der Waals surface area (Å²) in [6.07, 6.45) is 0.604. The third-order valence-corrected chi connectivity index (χ3v) is 4.04. The first-order valence-electron chi connectivity index (χ1n) is 4.99. The van der Waals surface area contributed by atoms with Gasteiger partial charge in [-0.15, -0.1) is 0 Å². The fraction of sp³-hybridized carbons (Fsp3) is 0.167. The molecule has 0 aliphatic heterocycles. The van der Waals surface area contributed by atoms with Gasteiger partial charge in [0.2, 0.25) is 0 Å². The van der Waals surface area contributed by atoms with E-state index in [1.165, 1.54) is 6.07 Å². The standard InChI is InChI=1S/C12H10BrF2NS/c13-11-8(1-2-9(14)12(11)15)10(16)5-7-3-4-17-6-7/h1-4,6,10H,5,16H2. The quantitative estimate of drug-likeness (QED) is 0.850. The minimum atomic E-state index is -0.886. The highest BCUT2D eigenvalue weighted by atomic mass is 79.9. The van der Waals surface area contributed by atoms with Crippen LogP contribution in [0.2, 0.25) is 0 Å². The molecule has 90 valence electrons. The average Bonchev–Trinajstić information content (AvgIpc) is 2.78. The van der Waals surface area contributed by atoms with Crippen LogP contribution in [0.4, 0.5) is 8.78 Å². The van der Waals surface area contributed by atoms with E-state index in [0.29, 0.717) is 12.0 Å². The van der Waals surface area contributed by atoms with Crippen molar-refractivity contribution in [1.82, 2.24) is 0 Å². The molecule has 17 heavy (non-hydrogen) atoms. The summed E-state index contributed by atoms with van der Waals surface area (Å²) >= 11 is 4.63. The van der Waals surface area contributed by atoms with E-state index in [1.54, 1.807) is 11.3 Å². The zero-order valence-electron chi connectivity index (χ0n) is 8.79. The van der Waals surface area contributed by atoms with Gasteiger partial charge in [0.15, 0.2) is 11.6 Å². The van der Waals surface area contributed by atoms with Crippen molar-refractivity contribution < 1.29 is 8.78 Å². The van der Waals surface area contributed by atoms with Crippen molar-refractivity contribution >= 4 is 27.3 Å². The molecule has 0 amide bonds. The van der Waals surface area contributed by atoms with Crippen molar-refractivity contribution in [3.63, 3.8) is 0 Å². The number of rotatable bonds is 3. The number of thiophene rings is 1. The predicted molar refractivity (Wildman–Crippen MR) is 69.0 cm³/mol. The summed E-state index contributed by atoms with van der Waals surface area (Å²) in [6.45, 7) is 0. The molecule has 2 rings (SSSR count). The minimum Gasteiger partial charge on any atom is -0.324 e. The fourth-order valence-electron chi connectivity index (χ4n) is 1.60. The topological polar surface area (TPSA) is 26.0 Å². The van der Waals surface area contributed by atoms with Gasteiger partial charge >= 0.3 is 0 Å². The molecule has 0 saturated carbocycles. The Labute approximate surface area is 110 Å². The summed E-state index contributed by atoms with van der Waals surface area (Å²) in [5.41, 5.74) is 7.67. The highest BCUT2D eigenvalue weighted by molar-refractivity contribution is 9.10. The lowest BCUT2D eigenvalue weighted by atomic mass is 10.0. The SMILES string of the molecule is NC(Cc1ccsc1)c1ccc(F)c(F)c1Br. The molecule has 0 spiro atoms. The maximum atomic E-state index is 13.4. The zero-order valence-corrected chi connectivity index (χ0v) is 11.2. The van der Waals surface area contributed by atoms with Crippen LogP contribution in [0.3, 0.4) is 0 Å². The molecule has 1 aromatic carbocycles. The summed E-state index contributed by atoms with van der Waals surface area (Å²) in [4.78, 5) is 0. The smallest absolute Gasteiger partial charge is 0.173 e. The molecule has 0 fully saturated rings. The second kappa shape index (κ2) is 5.25. The summed E-state index contributed by atoms with van der Waals surface area (Å²) in [5.74, 6) is -1.76. The van der Waals surface area contributed by atoms with Crippen LogP contribution in [0.25, 0.3) is 0 Å². The number of hydrogen-bond donors (Lipinski definition) is 1. The Morgan fingerprint density at radius 1 is 1.29 bits per heavy atom. The summed E-state index contributed by atoms with van der Waals surface area (Å²) in [5, 5.41) is 3.95. The van der Waals surface area contributed by atoms with E-state index in [-0.39, 0.29) is 10.5 Å². The number of hydrogen-bond acceptors (Lipinski definition) is 2. The van der Waals surface area contributed by atoms with Gasteiger partial charge in [-0.1, -0.05) is 6.07 Å². The molecule has 2 aromatic rings. The van der Waals surface area contributed by atoms with Crippen LogP contribution < -0.4 is 5.73 Å². The van der Waals surface area contributed by atoms with Crippen LogP contribution in [-0.2, 0) is 6.42 Å². The summed E-state index contributed by atoms with van der Waals surface area (Å²) in [7, 11) is 0. The van der Waals surface area contributed by atoms with Crippen LogP contribution in [0.5, 0.6) is 0 Å². The Morgan fingerprint density at radius 2 is 2.06 bits per heavy atom. The maximum absolute atomic E-state index is 13.4. The van der Waals surface area contributed by atoms with Crippen LogP contribution in [0.15, 0.2) is 33.4 Å². The number of halogens is 3. The van der Waals surface area contributed by atoms with Gasteiger partial charge in [0.1, 0.15) is 0 Å². The Hall–Kier alpha value is -0.780. The van der Waals surface area contributed by atoms with Crippen molar-refractivity contribution in [2.75, 3.05) is 0 Å². The van der Waals surface area contributed by atoms with E-state index < -0.39 is 11.6 Å². The van der Waals surface area contributed by atoms with E-state index in [2.05, 4.69) is 15.9 Å². The largest absolute Gasteiger partial charge is 0.324 e. The molecule has 0 aliphatic carbocycles. The highest BCUT2D eigenvalue weighted by Gasteiger charge is 2.16.